The second kappa shape index (κ2) is 5.85. The monoisotopic (exact) mass is 338 g/mol. The number of fused-ring (bicyclic) bond motifs is 8. The molecule has 2 aliphatic heterocycles. The Morgan fingerprint density at radius 1 is 0.654 bits per heavy atom. The molecular formula is C22H18N4. The van der Waals surface area contributed by atoms with E-state index >= 15 is 0 Å². The van der Waals surface area contributed by atoms with Gasteiger partial charge in [-0.3, -0.25) is 0 Å². The van der Waals surface area contributed by atoms with Gasteiger partial charge in [0.1, 0.15) is 0 Å². The Hall–Kier alpha value is -3.40. The normalized spacial score (nSPS) is 12.7. The Morgan fingerprint density at radius 2 is 1.27 bits per heavy atom. The second-order valence-corrected chi connectivity index (χ2v) is 6.55. The summed E-state index contributed by atoms with van der Waals surface area (Å²) in [6.45, 7) is 2.17. The van der Waals surface area contributed by atoms with Crippen LogP contribution >= 0.6 is 0 Å². The summed E-state index contributed by atoms with van der Waals surface area (Å²) in [4.78, 5) is 16.3. The van der Waals surface area contributed by atoms with Crippen molar-refractivity contribution >= 4 is 46.4 Å². The number of nitrogens with one attached hydrogen (secondary N) is 2. The molecule has 0 aromatic carbocycles. The highest BCUT2D eigenvalue weighted by Crippen LogP contribution is 2.19. The molecule has 4 nitrogen and oxygen atoms in total. The molecule has 0 amide bonds. The van der Waals surface area contributed by atoms with Gasteiger partial charge in [-0.1, -0.05) is 6.92 Å². The van der Waals surface area contributed by atoms with Gasteiger partial charge >= 0.3 is 0 Å². The number of rotatable bonds is 1. The second-order valence-electron chi connectivity index (χ2n) is 6.55. The van der Waals surface area contributed by atoms with Crippen LogP contribution in [0.15, 0.2) is 42.5 Å². The third-order valence-corrected chi connectivity index (χ3v) is 4.64. The van der Waals surface area contributed by atoms with Crippen molar-refractivity contribution in [3.63, 3.8) is 0 Å². The molecule has 5 rings (SSSR count). The Morgan fingerprint density at radius 3 is 1.96 bits per heavy atom. The lowest BCUT2D eigenvalue weighted by atomic mass is 10.2. The molecule has 126 valence electrons. The number of hydrogen-bond acceptors (Lipinski definition) is 2. The summed E-state index contributed by atoms with van der Waals surface area (Å²) < 4.78 is 0. The summed E-state index contributed by atoms with van der Waals surface area (Å²) in [6, 6.07) is 14.7. The molecular weight excluding hydrogens is 320 g/mol. The van der Waals surface area contributed by atoms with Crippen LogP contribution in [-0.2, 0) is 6.42 Å². The van der Waals surface area contributed by atoms with Crippen LogP contribution in [0.2, 0.25) is 0 Å². The lowest BCUT2D eigenvalue weighted by Gasteiger charge is -1.89. The lowest BCUT2D eigenvalue weighted by Crippen LogP contribution is -1.78. The number of aryl methyl sites for hydroxylation is 1. The van der Waals surface area contributed by atoms with Crippen LogP contribution in [0, 0.1) is 0 Å². The molecule has 0 saturated heterocycles. The van der Waals surface area contributed by atoms with E-state index < -0.39 is 0 Å². The van der Waals surface area contributed by atoms with Gasteiger partial charge in [-0.25, -0.2) is 9.97 Å². The Bertz CT molecular complexity index is 1220. The minimum absolute atomic E-state index is 0.919. The molecule has 8 bridgehead atoms. The first-order valence-corrected chi connectivity index (χ1v) is 8.82. The van der Waals surface area contributed by atoms with Crippen molar-refractivity contribution in [1.29, 1.82) is 0 Å². The average molecular weight is 338 g/mol. The van der Waals surface area contributed by atoms with Crippen molar-refractivity contribution in [2.45, 2.75) is 13.3 Å². The molecule has 0 unspecified atom stereocenters. The predicted octanol–water partition coefficient (Wildman–Crippen LogP) is 5.22. The summed E-state index contributed by atoms with van der Waals surface area (Å²) >= 11 is 0. The average Bonchev–Trinajstić information content (AvgIpc) is 3.39. The van der Waals surface area contributed by atoms with Crippen molar-refractivity contribution in [2.75, 3.05) is 0 Å². The van der Waals surface area contributed by atoms with Gasteiger partial charge in [0.05, 0.1) is 22.8 Å². The summed E-state index contributed by atoms with van der Waals surface area (Å²) in [7, 11) is 0. The summed E-state index contributed by atoms with van der Waals surface area (Å²) in [5, 5.41) is 0. The molecule has 0 saturated carbocycles. The highest BCUT2D eigenvalue weighted by Gasteiger charge is 2.04. The van der Waals surface area contributed by atoms with Crippen LogP contribution in [-0.4, -0.2) is 19.9 Å². The molecule has 0 aliphatic carbocycles. The minimum Gasteiger partial charge on any atom is -0.355 e. The molecule has 4 heteroatoms. The van der Waals surface area contributed by atoms with Crippen LogP contribution < -0.4 is 0 Å². The number of aromatic nitrogens is 4. The van der Waals surface area contributed by atoms with E-state index in [-0.39, 0.29) is 0 Å². The number of aromatic amines is 2. The summed E-state index contributed by atoms with van der Waals surface area (Å²) in [6.07, 6.45) is 9.08. The van der Waals surface area contributed by atoms with E-state index in [9.17, 15) is 0 Å². The molecule has 26 heavy (non-hydrogen) atoms. The van der Waals surface area contributed by atoms with Gasteiger partial charge in [0.25, 0.3) is 0 Å². The summed E-state index contributed by atoms with van der Waals surface area (Å²) in [5.74, 6) is 0. The minimum atomic E-state index is 0.919. The third kappa shape index (κ3) is 2.75. The summed E-state index contributed by atoms with van der Waals surface area (Å²) in [5.41, 5.74) is 9.31. The highest BCUT2D eigenvalue weighted by molar-refractivity contribution is 5.78. The Balaban J connectivity index is 1.86. The van der Waals surface area contributed by atoms with Crippen LogP contribution in [0.4, 0.5) is 0 Å². The maximum atomic E-state index is 4.70. The van der Waals surface area contributed by atoms with Gasteiger partial charge in [0, 0.05) is 22.1 Å². The van der Waals surface area contributed by atoms with Crippen molar-refractivity contribution in [1.82, 2.24) is 19.9 Å². The number of hydrogen-bond donors (Lipinski definition) is 2. The molecule has 0 fully saturated rings. The molecule has 2 N–H and O–H groups in total. The molecule has 3 aromatic heterocycles. The van der Waals surface area contributed by atoms with E-state index in [2.05, 4.69) is 58.3 Å². The molecule has 3 aromatic rings. The molecule has 2 aliphatic rings. The standard InChI is InChI=1S/C22H18N4/c1-2-14-9-21-12-19-6-5-17(24-19)10-15-3-4-16(23-15)11-18-7-8-20(25-18)13-22(14)26-21/h3-13,24,26H,2H2,1H3. The van der Waals surface area contributed by atoms with Gasteiger partial charge in [0.2, 0.25) is 0 Å². The van der Waals surface area contributed by atoms with E-state index in [4.69, 9.17) is 4.98 Å². The van der Waals surface area contributed by atoms with Crippen molar-refractivity contribution < 1.29 is 0 Å². The fourth-order valence-electron chi connectivity index (χ4n) is 3.37. The Labute approximate surface area is 151 Å². The molecule has 5 heterocycles. The topological polar surface area (TPSA) is 57.4 Å². The largest absolute Gasteiger partial charge is 0.355 e. The van der Waals surface area contributed by atoms with Gasteiger partial charge in [-0.05, 0) is 78.8 Å². The van der Waals surface area contributed by atoms with Gasteiger partial charge in [-0.2, -0.15) is 0 Å². The van der Waals surface area contributed by atoms with E-state index in [0.717, 1.165) is 51.3 Å². The SMILES string of the molecule is CCc1cc2cc3ccc(cc4nc(cc5nc(cc1[nH]2)C=C5)C=C4)[nH]3. The first-order valence-electron chi connectivity index (χ1n) is 8.82. The zero-order valence-electron chi connectivity index (χ0n) is 14.5. The zero-order valence-corrected chi connectivity index (χ0v) is 14.5. The fourth-order valence-corrected chi connectivity index (χ4v) is 3.37. The Kier molecular flexibility index (Phi) is 3.35. The van der Waals surface area contributed by atoms with E-state index in [0.29, 0.717) is 0 Å². The van der Waals surface area contributed by atoms with Crippen LogP contribution in [0.1, 0.15) is 35.3 Å². The predicted molar refractivity (Wildman–Crippen MR) is 108 cm³/mol. The highest BCUT2D eigenvalue weighted by atomic mass is 14.8. The number of nitrogens with zero attached hydrogens (tertiary/aromatic N) is 2. The van der Waals surface area contributed by atoms with Crippen molar-refractivity contribution in [2.24, 2.45) is 0 Å². The van der Waals surface area contributed by atoms with Crippen LogP contribution in [0.25, 0.3) is 46.4 Å². The maximum absolute atomic E-state index is 4.70. The van der Waals surface area contributed by atoms with Gasteiger partial charge in [-0.15, -0.1) is 0 Å². The fraction of sp³-hybridized carbons (Fsp3) is 0.0909. The van der Waals surface area contributed by atoms with Crippen molar-refractivity contribution in [3.05, 3.63) is 70.8 Å². The van der Waals surface area contributed by atoms with E-state index in [1.54, 1.807) is 0 Å². The van der Waals surface area contributed by atoms with E-state index in [1.165, 1.54) is 5.56 Å². The first kappa shape index (κ1) is 14.9. The van der Waals surface area contributed by atoms with Gasteiger partial charge in [0.15, 0.2) is 0 Å². The molecule has 0 radical (unpaired) electrons. The number of H-pyrrole nitrogens is 2. The first-order chi connectivity index (χ1) is 12.7. The van der Waals surface area contributed by atoms with Crippen molar-refractivity contribution in [3.8, 4) is 0 Å². The van der Waals surface area contributed by atoms with E-state index in [1.807, 2.05) is 30.4 Å². The molecule has 0 atom stereocenters. The zero-order chi connectivity index (χ0) is 17.5. The molecule has 0 spiro atoms. The third-order valence-electron chi connectivity index (χ3n) is 4.64. The maximum Gasteiger partial charge on any atom is 0.0659 e. The van der Waals surface area contributed by atoms with Crippen LogP contribution in [0.5, 0.6) is 0 Å². The van der Waals surface area contributed by atoms with Crippen LogP contribution in [0.3, 0.4) is 0 Å². The quantitative estimate of drug-likeness (QED) is 0.440. The van der Waals surface area contributed by atoms with Gasteiger partial charge < -0.3 is 9.97 Å². The lowest BCUT2D eigenvalue weighted by molar-refractivity contribution is 1.16. The smallest absolute Gasteiger partial charge is 0.0659 e.